The summed E-state index contributed by atoms with van der Waals surface area (Å²) in [7, 11) is 0. The number of rotatable bonds is 9. The fourth-order valence-electron chi connectivity index (χ4n) is 2.82. The summed E-state index contributed by atoms with van der Waals surface area (Å²) in [6.45, 7) is 4.18. The molecule has 0 atom stereocenters. The molecular formula is C25H27N3O3. The van der Waals surface area contributed by atoms with Gasteiger partial charge in [0.2, 0.25) is 11.8 Å². The summed E-state index contributed by atoms with van der Waals surface area (Å²) in [5.74, 6) is 0.284. The highest BCUT2D eigenvalue weighted by Gasteiger charge is 2.09. The van der Waals surface area contributed by atoms with Crippen LogP contribution in [0.2, 0.25) is 0 Å². The Morgan fingerprint density at radius 3 is 2.26 bits per heavy atom. The van der Waals surface area contributed by atoms with Crippen LogP contribution in [-0.2, 0) is 16.2 Å². The quantitative estimate of drug-likeness (QED) is 0.462. The van der Waals surface area contributed by atoms with Crippen molar-refractivity contribution in [3.63, 3.8) is 0 Å². The standard InChI is InChI=1S/C25H27N3O3/c1-18(2)25(30)28-21-12-8-11-20(15-21)27-24(29)16-26-22-13-6-7-14-23(22)31-17-19-9-4-3-5-10-19/h3-15,18,26H,16-17H2,1-2H3,(H,27,29)(H,28,30). The van der Waals surface area contributed by atoms with Gasteiger partial charge in [-0.1, -0.05) is 62.4 Å². The number of hydrogen-bond donors (Lipinski definition) is 3. The summed E-state index contributed by atoms with van der Waals surface area (Å²) >= 11 is 0. The molecule has 3 N–H and O–H groups in total. The number of ether oxygens (including phenoxy) is 1. The van der Waals surface area contributed by atoms with Gasteiger partial charge in [0, 0.05) is 17.3 Å². The Morgan fingerprint density at radius 2 is 1.52 bits per heavy atom. The van der Waals surface area contributed by atoms with Gasteiger partial charge in [0.25, 0.3) is 0 Å². The lowest BCUT2D eigenvalue weighted by Gasteiger charge is -2.14. The predicted octanol–water partition coefficient (Wildman–Crippen LogP) is 4.91. The van der Waals surface area contributed by atoms with Gasteiger partial charge < -0.3 is 20.7 Å². The maximum Gasteiger partial charge on any atom is 0.243 e. The molecule has 0 aliphatic heterocycles. The number of anilines is 3. The lowest BCUT2D eigenvalue weighted by Crippen LogP contribution is -2.22. The third-order valence-corrected chi connectivity index (χ3v) is 4.50. The Bertz CT molecular complexity index is 1020. The van der Waals surface area contributed by atoms with Crippen molar-refractivity contribution in [2.24, 2.45) is 5.92 Å². The van der Waals surface area contributed by atoms with E-state index < -0.39 is 0 Å². The number of benzene rings is 3. The van der Waals surface area contributed by atoms with E-state index >= 15 is 0 Å². The lowest BCUT2D eigenvalue weighted by molar-refractivity contribution is -0.119. The maximum atomic E-state index is 12.4. The van der Waals surface area contributed by atoms with E-state index in [0.717, 1.165) is 11.3 Å². The van der Waals surface area contributed by atoms with Crippen LogP contribution >= 0.6 is 0 Å². The summed E-state index contributed by atoms with van der Waals surface area (Å²) in [6.07, 6.45) is 0. The topological polar surface area (TPSA) is 79.5 Å². The average molecular weight is 418 g/mol. The first kappa shape index (κ1) is 21.9. The molecule has 160 valence electrons. The van der Waals surface area contributed by atoms with Crippen LogP contribution in [0.4, 0.5) is 17.1 Å². The summed E-state index contributed by atoms with van der Waals surface area (Å²) in [5.41, 5.74) is 3.07. The largest absolute Gasteiger partial charge is 0.487 e. The Labute approximate surface area is 182 Å². The number of carbonyl (C=O) groups excluding carboxylic acids is 2. The molecule has 6 nitrogen and oxygen atoms in total. The summed E-state index contributed by atoms with van der Waals surface area (Å²) in [5, 5.41) is 8.79. The normalized spacial score (nSPS) is 10.4. The zero-order valence-corrected chi connectivity index (χ0v) is 17.7. The number of nitrogens with one attached hydrogen (secondary N) is 3. The van der Waals surface area contributed by atoms with Gasteiger partial charge in [0.15, 0.2) is 0 Å². The minimum Gasteiger partial charge on any atom is -0.487 e. The number of carbonyl (C=O) groups is 2. The molecule has 0 aliphatic rings. The van der Waals surface area contributed by atoms with Crippen molar-refractivity contribution in [2.45, 2.75) is 20.5 Å². The molecule has 0 aromatic heterocycles. The molecule has 2 amide bonds. The SMILES string of the molecule is CC(C)C(=O)Nc1cccc(NC(=O)CNc2ccccc2OCc2ccccc2)c1. The van der Waals surface area contributed by atoms with Gasteiger partial charge in [-0.05, 0) is 35.9 Å². The molecule has 0 fully saturated rings. The maximum absolute atomic E-state index is 12.4. The van der Waals surface area contributed by atoms with E-state index in [2.05, 4.69) is 16.0 Å². The van der Waals surface area contributed by atoms with Crippen LogP contribution in [0, 0.1) is 5.92 Å². The second-order valence-corrected chi connectivity index (χ2v) is 7.40. The molecule has 3 aromatic carbocycles. The third-order valence-electron chi connectivity index (χ3n) is 4.50. The molecule has 0 spiro atoms. The molecule has 0 saturated carbocycles. The van der Waals surface area contributed by atoms with E-state index in [-0.39, 0.29) is 24.3 Å². The van der Waals surface area contributed by atoms with Crippen LogP contribution in [0.5, 0.6) is 5.75 Å². The smallest absolute Gasteiger partial charge is 0.243 e. The van der Waals surface area contributed by atoms with E-state index in [4.69, 9.17) is 4.74 Å². The van der Waals surface area contributed by atoms with Crippen LogP contribution in [0.1, 0.15) is 19.4 Å². The highest BCUT2D eigenvalue weighted by atomic mass is 16.5. The second kappa shape index (κ2) is 10.8. The van der Waals surface area contributed by atoms with Gasteiger partial charge in [-0.25, -0.2) is 0 Å². The monoisotopic (exact) mass is 417 g/mol. The average Bonchev–Trinajstić information content (AvgIpc) is 2.77. The molecular weight excluding hydrogens is 390 g/mol. The van der Waals surface area contributed by atoms with E-state index in [1.54, 1.807) is 24.3 Å². The van der Waals surface area contributed by atoms with E-state index in [0.29, 0.717) is 23.7 Å². The minimum absolute atomic E-state index is 0.0720. The van der Waals surface area contributed by atoms with Gasteiger partial charge in [-0.15, -0.1) is 0 Å². The van der Waals surface area contributed by atoms with Crippen molar-refractivity contribution in [2.75, 3.05) is 22.5 Å². The molecule has 31 heavy (non-hydrogen) atoms. The van der Waals surface area contributed by atoms with Gasteiger partial charge in [-0.2, -0.15) is 0 Å². The predicted molar refractivity (Wildman–Crippen MR) is 124 cm³/mol. The Hall–Kier alpha value is -3.80. The number of para-hydroxylation sites is 2. The van der Waals surface area contributed by atoms with Crippen LogP contribution in [0.15, 0.2) is 78.9 Å². The Kier molecular flexibility index (Phi) is 7.65. The third kappa shape index (κ3) is 6.89. The first-order valence-electron chi connectivity index (χ1n) is 10.2. The van der Waals surface area contributed by atoms with Crippen LogP contribution in [0.25, 0.3) is 0 Å². The van der Waals surface area contributed by atoms with Gasteiger partial charge >= 0.3 is 0 Å². The molecule has 0 aliphatic carbocycles. The molecule has 0 bridgehead atoms. The molecule has 3 rings (SSSR count). The summed E-state index contributed by atoms with van der Waals surface area (Å²) in [6, 6.07) is 24.5. The molecule has 0 radical (unpaired) electrons. The summed E-state index contributed by atoms with van der Waals surface area (Å²) in [4.78, 5) is 24.3. The van der Waals surface area contributed by atoms with Crippen LogP contribution in [-0.4, -0.2) is 18.4 Å². The van der Waals surface area contributed by atoms with Gasteiger partial charge in [-0.3, -0.25) is 9.59 Å². The molecule has 0 saturated heterocycles. The minimum atomic E-state index is -0.204. The fourth-order valence-corrected chi connectivity index (χ4v) is 2.82. The highest BCUT2D eigenvalue weighted by Crippen LogP contribution is 2.24. The lowest BCUT2D eigenvalue weighted by atomic mass is 10.2. The van der Waals surface area contributed by atoms with Crippen molar-refractivity contribution in [1.82, 2.24) is 0 Å². The molecule has 3 aromatic rings. The van der Waals surface area contributed by atoms with Crippen molar-refractivity contribution >= 4 is 28.9 Å². The van der Waals surface area contributed by atoms with Crippen LogP contribution < -0.4 is 20.7 Å². The molecule has 0 heterocycles. The van der Waals surface area contributed by atoms with Crippen molar-refractivity contribution in [3.05, 3.63) is 84.4 Å². The zero-order chi connectivity index (χ0) is 22.1. The first-order valence-corrected chi connectivity index (χ1v) is 10.2. The second-order valence-electron chi connectivity index (χ2n) is 7.40. The Morgan fingerprint density at radius 1 is 0.839 bits per heavy atom. The van der Waals surface area contributed by atoms with Crippen LogP contribution in [0.3, 0.4) is 0 Å². The van der Waals surface area contributed by atoms with Gasteiger partial charge in [0.05, 0.1) is 12.2 Å². The van der Waals surface area contributed by atoms with E-state index in [1.165, 1.54) is 0 Å². The van der Waals surface area contributed by atoms with Crippen molar-refractivity contribution in [1.29, 1.82) is 0 Å². The highest BCUT2D eigenvalue weighted by molar-refractivity contribution is 5.96. The first-order chi connectivity index (χ1) is 15.0. The fraction of sp³-hybridized carbons (Fsp3) is 0.200. The summed E-state index contributed by atoms with van der Waals surface area (Å²) < 4.78 is 5.91. The van der Waals surface area contributed by atoms with Crippen molar-refractivity contribution < 1.29 is 14.3 Å². The van der Waals surface area contributed by atoms with Gasteiger partial charge in [0.1, 0.15) is 12.4 Å². The zero-order valence-electron chi connectivity index (χ0n) is 17.7. The van der Waals surface area contributed by atoms with E-state index in [9.17, 15) is 9.59 Å². The van der Waals surface area contributed by atoms with Crippen molar-refractivity contribution in [3.8, 4) is 5.75 Å². The number of hydrogen-bond acceptors (Lipinski definition) is 4. The number of amides is 2. The molecule has 6 heteroatoms. The Balaban J connectivity index is 1.55. The molecule has 0 unspecified atom stereocenters. The van der Waals surface area contributed by atoms with E-state index in [1.807, 2.05) is 68.4 Å².